The number of hydrogen-bond donors (Lipinski definition) is 2. The molecule has 0 aromatic carbocycles. The van der Waals surface area contributed by atoms with Crippen LogP contribution in [0.1, 0.15) is 12.5 Å². The highest BCUT2D eigenvalue weighted by Crippen LogP contribution is 2.30. The van der Waals surface area contributed by atoms with Crippen LogP contribution in [-0.2, 0) is 6.18 Å². The van der Waals surface area contributed by atoms with Crippen molar-refractivity contribution in [2.75, 3.05) is 5.32 Å². The van der Waals surface area contributed by atoms with Crippen LogP contribution in [0.4, 0.5) is 19.0 Å². The molecule has 1 aliphatic heterocycles. The molecule has 0 radical (unpaired) electrons. The molecule has 18 heavy (non-hydrogen) atoms. The van der Waals surface area contributed by atoms with Crippen LogP contribution < -0.4 is 10.6 Å². The summed E-state index contributed by atoms with van der Waals surface area (Å²) in [5.74, 6) is 0.182. The third-order valence-electron chi connectivity index (χ3n) is 2.44. The molecule has 96 valence electrons. The molecule has 1 aromatic heterocycles. The lowest BCUT2D eigenvalue weighted by Crippen LogP contribution is -2.32. The van der Waals surface area contributed by atoms with Gasteiger partial charge in [0.1, 0.15) is 12.0 Å². The molecular formula is C12H12F3N3. The molecule has 0 amide bonds. The smallest absolute Gasteiger partial charge is 0.368 e. The van der Waals surface area contributed by atoms with Crippen LogP contribution in [0.3, 0.4) is 0 Å². The Hall–Kier alpha value is -1.98. The van der Waals surface area contributed by atoms with Crippen LogP contribution in [-0.4, -0.2) is 11.1 Å². The Balaban J connectivity index is 2.13. The van der Waals surface area contributed by atoms with Crippen LogP contribution in [0, 0.1) is 0 Å². The molecule has 0 spiro atoms. The van der Waals surface area contributed by atoms with Gasteiger partial charge < -0.3 is 10.6 Å². The van der Waals surface area contributed by atoms with E-state index in [4.69, 9.17) is 0 Å². The number of alkyl halides is 3. The number of nitrogens with zero attached hydrogens (tertiary/aromatic N) is 1. The molecule has 2 rings (SSSR count). The van der Waals surface area contributed by atoms with Crippen LogP contribution in [0.25, 0.3) is 0 Å². The zero-order valence-corrected chi connectivity index (χ0v) is 9.62. The van der Waals surface area contributed by atoms with E-state index in [2.05, 4.69) is 15.6 Å². The molecule has 0 fully saturated rings. The lowest BCUT2D eigenvalue weighted by atomic mass is 10.2. The minimum atomic E-state index is -4.36. The average Bonchev–Trinajstić information content (AvgIpc) is 2.28. The molecule has 1 atom stereocenters. The van der Waals surface area contributed by atoms with E-state index >= 15 is 0 Å². The summed E-state index contributed by atoms with van der Waals surface area (Å²) in [5.41, 5.74) is 0.310. The zero-order chi connectivity index (χ0) is 13.2. The highest BCUT2D eigenvalue weighted by atomic mass is 19.4. The van der Waals surface area contributed by atoms with Crippen molar-refractivity contribution in [2.45, 2.75) is 19.3 Å². The van der Waals surface area contributed by atoms with Crippen LogP contribution in [0.2, 0.25) is 0 Å². The van der Waals surface area contributed by atoms with Gasteiger partial charge >= 0.3 is 6.18 Å². The predicted molar refractivity (Wildman–Crippen MR) is 62.7 cm³/mol. The summed E-state index contributed by atoms with van der Waals surface area (Å²) in [5, 5.41) is 5.84. The standard InChI is InChI=1S/C12H12F3N3/c1-8-2-4-16-10(6-8)18-11-7-9(3-5-17-11)12(13,14)15/h2-7,10,16H,1H3,(H,17,18). The molecule has 0 saturated heterocycles. The van der Waals surface area contributed by atoms with Crippen LogP contribution >= 0.6 is 0 Å². The van der Waals surface area contributed by atoms with Crippen molar-refractivity contribution in [3.05, 3.63) is 47.8 Å². The lowest BCUT2D eigenvalue weighted by Gasteiger charge is -2.20. The van der Waals surface area contributed by atoms with Crippen molar-refractivity contribution in [2.24, 2.45) is 0 Å². The van der Waals surface area contributed by atoms with Gasteiger partial charge in [0.2, 0.25) is 0 Å². The molecule has 1 unspecified atom stereocenters. The summed E-state index contributed by atoms with van der Waals surface area (Å²) in [6.07, 6.45) is 2.00. The van der Waals surface area contributed by atoms with Gasteiger partial charge in [0, 0.05) is 6.20 Å². The van der Waals surface area contributed by atoms with E-state index in [-0.39, 0.29) is 12.0 Å². The number of dihydropyridines is 1. The van der Waals surface area contributed by atoms with Crippen molar-refractivity contribution in [3.63, 3.8) is 0 Å². The summed E-state index contributed by atoms with van der Waals surface area (Å²) in [7, 11) is 0. The van der Waals surface area contributed by atoms with Crippen molar-refractivity contribution in [1.29, 1.82) is 0 Å². The molecule has 0 aliphatic carbocycles. The first kappa shape index (κ1) is 12.5. The quantitative estimate of drug-likeness (QED) is 0.853. The summed E-state index contributed by atoms with van der Waals surface area (Å²) in [6.45, 7) is 1.91. The van der Waals surface area contributed by atoms with Crippen LogP contribution in [0.15, 0.2) is 42.3 Å². The van der Waals surface area contributed by atoms with Crippen molar-refractivity contribution < 1.29 is 13.2 Å². The Morgan fingerprint density at radius 3 is 2.83 bits per heavy atom. The van der Waals surface area contributed by atoms with Crippen molar-refractivity contribution in [3.8, 4) is 0 Å². The van der Waals surface area contributed by atoms with Gasteiger partial charge in [-0.3, -0.25) is 0 Å². The number of hydrogen-bond acceptors (Lipinski definition) is 3. The number of halogens is 3. The highest BCUT2D eigenvalue weighted by molar-refractivity contribution is 5.41. The van der Waals surface area contributed by atoms with Gasteiger partial charge in [-0.15, -0.1) is 0 Å². The maximum Gasteiger partial charge on any atom is 0.416 e. The second-order valence-electron chi connectivity index (χ2n) is 3.96. The molecule has 3 nitrogen and oxygen atoms in total. The second-order valence-corrected chi connectivity index (χ2v) is 3.96. The minimum Gasteiger partial charge on any atom is -0.368 e. The highest BCUT2D eigenvalue weighted by Gasteiger charge is 2.30. The van der Waals surface area contributed by atoms with Gasteiger partial charge in [0.05, 0.1) is 5.56 Å². The SMILES string of the molecule is CC1=CC(Nc2cc(C(F)(F)F)ccn2)NC=C1. The molecule has 0 saturated carbocycles. The minimum absolute atomic E-state index is 0.182. The maximum atomic E-state index is 12.5. The molecule has 6 heteroatoms. The normalized spacial score (nSPS) is 19.1. The Morgan fingerprint density at radius 1 is 1.39 bits per heavy atom. The van der Waals surface area contributed by atoms with Crippen molar-refractivity contribution >= 4 is 5.82 Å². The predicted octanol–water partition coefficient (Wildman–Crippen LogP) is 2.90. The molecule has 2 N–H and O–H groups in total. The van der Waals surface area contributed by atoms with E-state index in [1.54, 1.807) is 6.20 Å². The summed E-state index contributed by atoms with van der Waals surface area (Å²) >= 11 is 0. The van der Waals surface area contributed by atoms with Gasteiger partial charge in [0.25, 0.3) is 0 Å². The number of anilines is 1. The number of allylic oxidation sites excluding steroid dienone is 2. The fraction of sp³-hybridized carbons (Fsp3) is 0.250. The second kappa shape index (κ2) is 4.72. The maximum absolute atomic E-state index is 12.5. The molecule has 2 heterocycles. The first-order valence-corrected chi connectivity index (χ1v) is 5.36. The lowest BCUT2D eigenvalue weighted by molar-refractivity contribution is -0.137. The Labute approximate surface area is 102 Å². The Morgan fingerprint density at radius 2 is 2.17 bits per heavy atom. The molecule has 1 aromatic rings. The summed E-state index contributed by atoms with van der Waals surface area (Å²) < 4.78 is 37.5. The van der Waals surface area contributed by atoms with E-state index < -0.39 is 11.7 Å². The third kappa shape index (κ3) is 3.03. The van der Waals surface area contributed by atoms with Gasteiger partial charge in [-0.2, -0.15) is 13.2 Å². The first-order chi connectivity index (χ1) is 8.45. The summed E-state index contributed by atoms with van der Waals surface area (Å²) in [6, 6.07) is 1.93. The zero-order valence-electron chi connectivity index (χ0n) is 9.62. The van der Waals surface area contributed by atoms with Crippen molar-refractivity contribution in [1.82, 2.24) is 10.3 Å². The Bertz CT molecular complexity index is 492. The number of pyridine rings is 1. The van der Waals surface area contributed by atoms with Crippen LogP contribution in [0.5, 0.6) is 0 Å². The van der Waals surface area contributed by atoms with E-state index in [1.807, 2.05) is 19.1 Å². The van der Waals surface area contributed by atoms with E-state index in [9.17, 15) is 13.2 Å². The number of aromatic nitrogens is 1. The molecular weight excluding hydrogens is 243 g/mol. The largest absolute Gasteiger partial charge is 0.416 e. The fourth-order valence-corrected chi connectivity index (χ4v) is 1.58. The topological polar surface area (TPSA) is 37.0 Å². The van der Waals surface area contributed by atoms with Gasteiger partial charge in [-0.05, 0) is 43.0 Å². The van der Waals surface area contributed by atoms with E-state index in [0.717, 1.165) is 23.9 Å². The van der Waals surface area contributed by atoms with E-state index in [1.165, 1.54) is 0 Å². The summed E-state index contributed by atoms with van der Waals surface area (Å²) in [4.78, 5) is 3.87. The molecule has 0 bridgehead atoms. The average molecular weight is 255 g/mol. The number of nitrogens with one attached hydrogen (secondary N) is 2. The van der Waals surface area contributed by atoms with E-state index in [0.29, 0.717) is 0 Å². The first-order valence-electron chi connectivity index (χ1n) is 5.36. The monoisotopic (exact) mass is 255 g/mol. The third-order valence-corrected chi connectivity index (χ3v) is 2.44. The Kier molecular flexibility index (Phi) is 3.27. The van der Waals surface area contributed by atoms with Gasteiger partial charge in [-0.25, -0.2) is 4.98 Å². The molecule has 1 aliphatic rings. The van der Waals surface area contributed by atoms with Gasteiger partial charge in [-0.1, -0.05) is 0 Å². The van der Waals surface area contributed by atoms with Gasteiger partial charge in [0.15, 0.2) is 0 Å². The fourth-order valence-electron chi connectivity index (χ4n) is 1.58. The number of rotatable bonds is 2.